The molecule has 0 atom stereocenters. The SMILES string of the molecule is O=C(NO)c1cccc2nc3cccc(Cl)c3nc12. The first-order valence-corrected chi connectivity index (χ1v) is 5.88. The Morgan fingerprint density at radius 1 is 1.05 bits per heavy atom. The third-order valence-corrected chi connectivity index (χ3v) is 3.10. The lowest BCUT2D eigenvalue weighted by molar-refractivity contribution is 0.0708. The van der Waals surface area contributed by atoms with Gasteiger partial charge in [0.05, 0.1) is 21.6 Å². The molecule has 1 aromatic heterocycles. The molecule has 0 radical (unpaired) electrons. The third kappa shape index (κ3) is 1.89. The van der Waals surface area contributed by atoms with Crippen molar-refractivity contribution in [1.29, 1.82) is 0 Å². The molecular weight excluding hydrogens is 266 g/mol. The highest BCUT2D eigenvalue weighted by molar-refractivity contribution is 6.35. The van der Waals surface area contributed by atoms with Gasteiger partial charge in [-0.05, 0) is 24.3 Å². The molecule has 0 aliphatic heterocycles. The van der Waals surface area contributed by atoms with Gasteiger partial charge in [0.1, 0.15) is 11.0 Å². The lowest BCUT2D eigenvalue weighted by atomic mass is 10.1. The molecule has 0 spiro atoms. The van der Waals surface area contributed by atoms with Crippen LogP contribution in [0.5, 0.6) is 0 Å². The number of aromatic nitrogens is 2. The molecule has 0 aliphatic rings. The van der Waals surface area contributed by atoms with Crippen molar-refractivity contribution in [2.45, 2.75) is 0 Å². The Kier molecular flexibility index (Phi) is 2.77. The first kappa shape index (κ1) is 11.8. The van der Waals surface area contributed by atoms with E-state index in [0.29, 0.717) is 27.1 Å². The largest absolute Gasteiger partial charge is 0.288 e. The van der Waals surface area contributed by atoms with E-state index in [0.717, 1.165) is 0 Å². The Bertz CT molecular complexity index is 804. The maximum atomic E-state index is 11.6. The Hall–Kier alpha value is -2.24. The van der Waals surface area contributed by atoms with Crippen LogP contribution in [0.15, 0.2) is 36.4 Å². The second kappa shape index (κ2) is 4.46. The zero-order chi connectivity index (χ0) is 13.4. The molecular formula is C13H8ClN3O2. The maximum Gasteiger partial charge on any atom is 0.276 e. The first-order chi connectivity index (χ1) is 9.20. The normalized spacial score (nSPS) is 10.8. The monoisotopic (exact) mass is 273 g/mol. The van der Waals surface area contributed by atoms with Crippen LogP contribution in [0, 0.1) is 0 Å². The van der Waals surface area contributed by atoms with Crippen LogP contribution in [-0.2, 0) is 0 Å². The van der Waals surface area contributed by atoms with E-state index in [1.165, 1.54) is 0 Å². The molecule has 2 aromatic carbocycles. The molecule has 94 valence electrons. The number of rotatable bonds is 1. The lowest BCUT2D eigenvalue weighted by Gasteiger charge is -2.06. The van der Waals surface area contributed by atoms with E-state index in [4.69, 9.17) is 16.8 Å². The van der Waals surface area contributed by atoms with Crippen molar-refractivity contribution >= 4 is 39.6 Å². The van der Waals surface area contributed by atoms with Crippen molar-refractivity contribution in [3.8, 4) is 0 Å². The summed E-state index contributed by atoms with van der Waals surface area (Å²) < 4.78 is 0. The second-order valence-electron chi connectivity index (χ2n) is 3.95. The van der Waals surface area contributed by atoms with E-state index in [2.05, 4.69) is 9.97 Å². The summed E-state index contributed by atoms with van der Waals surface area (Å²) in [7, 11) is 0. The fraction of sp³-hybridized carbons (Fsp3) is 0. The van der Waals surface area contributed by atoms with Gasteiger partial charge in [-0.1, -0.05) is 23.7 Å². The van der Waals surface area contributed by atoms with Gasteiger partial charge in [-0.3, -0.25) is 10.0 Å². The summed E-state index contributed by atoms with van der Waals surface area (Å²) in [5.74, 6) is -0.633. The van der Waals surface area contributed by atoms with Crippen LogP contribution in [0.25, 0.3) is 22.1 Å². The van der Waals surface area contributed by atoms with Gasteiger partial charge in [-0.25, -0.2) is 15.4 Å². The summed E-state index contributed by atoms with van der Waals surface area (Å²) in [6.45, 7) is 0. The van der Waals surface area contributed by atoms with Crippen LogP contribution in [0.4, 0.5) is 0 Å². The lowest BCUT2D eigenvalue weighted by Crippen LogP contribution is -2.19. The number of fused-ring (bicyclic) bond motifs is 2. The Morgan fingerprint density at radius 2 is 1.74 bits per heavy atom. The molecule has 3 aromatic rings. The van der Waals surface area contributed by atoms with Crippen LogP contribution in [-0.4, -0.2) is 21.1 Å². The molecule has 0 bridgehead atoms. The van der Waals surface area contributed by atoms with Crippen molar-refractivity contribution in [3.63, 3.8) is 0 Å². The number of nitrogens with zero attached hydrogens (tertiary/aromatic N) is 2. The van der Waals surface area contributed by atoms with E-state index in [-0.39, 0.29) is 5.56 Å². The summed E-state index contributed by atoms with van der Waals surface area (Å²) in [6.07, 6.45) is 0. The number of hydrogen-bond donors (Lipinski definition) is 2. The van der Waals surface area contributed by atoms with Crippen LogP contribution in [0.2, 0.25) is 5.02 Å². The summed E-state index contributed by atoms with van der Waals surface area (Å²) in [5.41, 5.74) is 3.98. The van der Waals surface area contributed by atoms with Gasteiger partial charge in [0, 0.05) is 0 Å². The van der Waals surface area contributed by atoms with Gasteiger partial charge in [0.15, 0.2) is 0 Å². The predicted molar refractivity (Wildman–Crippen MR) is 71.3 cm³/mol. The van der Waals surface area contributed by atoms with Gasteiger partial charge in [-0.2, -0.15) is 0 Å². The molecule has 0 fully saturated rings. The highest BCUT2D eigenvalue weighted by atomic mass is 35.5. The topological polar surface area (TPSA) is 75.1 Å². The molecule has 1 heterocycles. The average Bonchev–Trinajstić information content (AvgIpc) is 2.44. The van der Waals surface area contributed by atoms with Crippen molar-refractivity contribution < 1.29 is 10.0 Å². The van der Waals surface area contributed by atoms with Gasteiger partial charge in [0.25, 0.3) is 5.91 Å². The van der Waals surface area contributed by atoms with E-state index >= 15 is 0 Å². The number of carbonyl (C=O) groups excluding carboxylic acids is 1. The molecule has 3 rings (SSSR count). The molecule has 0 unspecified atom stereocenters. The zero-order valence-corrected chi connectivity index (χ0v) is 10.3. The summed E-state index contributed by atoms with van der Waals surface area (Å²) in [4.78, 5) is 20.4. The molecule has 2 N–H and O–H groups in total. The third-order valence-electron chi connectivity index (χ3n) is 2.79. The van der Waals surface area contributed by atoms with E-state index in [1.807, 2.05) is 0 Å². The summed E-state index contributed by atoms with van der Waals surface area (Å²) >= 11 is 6.07. The molecule has 6 heteroatoms. The number of benzene rings is 2. The fourth-order valence-corrected chi connectivity index (χ4v) is 2.14. The van der Waals surface area contributed by atoms with Crippen LogP contribution in [0.3, 0.4) is 0 Å². The molecule has 0 aliphatic carbocycles. The second-order valence-corrected chi connectivity index (χ2v) is 4.35. The number of hydroxylamine groups is 1. The maximum absolute atomic E-state index is 11.6. The van der Waals surface area contributed by atoms with Crippen LogP contribution < -0.4 is 5.48 Å². The van der Waals surface area contributed by atoms with Gasteiger partial charge in [0.2, 0.25) is 0 Å². The van der Waals surface area contributed by atoms with E-state index < -0.39 is 5.91 Å². The minimum Gasteiger partial charge on any atom is -0.288 e. The number of nitrogens with one attached hydrogen (secondary N) is 1. The van der Waals surface area contributed by atoms with E-state index in [1.54, 1.807) is 41.9 Å². The molecule has 5 nitrogen and oxygen atoms in total. The number of para-hydroxylation sites is 2. The van der Waals surface area contributed by atoms with Gasteiger partial charge in [-0.15, -0.1) is 0 Å². The minimum atomic E-state index is -0.633. The average molecular weight is 274 g/mol. The Morgan fingerprint density at radius 3 is 2.47 bits per heavy atom. The smallest absolute Gasteiger partial charge is 0.276 e. The van der Waals surface area contributed by atoms with Crippen molar-refractivity contribution in [2.75, 3.05) is 0 Å². The summed E-state index contributed by atoms with van der Waals surface area (Å²) in [6, 6.07) is 10.3. The first-order valence-electron chi connectivity index (χ1n) is 5.50. The van der Waals surface area contributed by atoms with E-state index in [9.17, 15) is 4.79 Å². The quantitative estimate of drug-likeness (QED) is 0.406. The standard InChI is InChI=1S/C13H8ClN3O2/c14-8-4-2-6-10-12(8)16-11-7(13(18)17-19)3-1-5-9(11)15-10/h1-6,19H,(H,17,18). The number of halogens is 1. The number of hydrogen-bond acceptors (Lipinski definition) is 4. The Labute approximate surface area is 112 Å². The van der Waals surface area contributed by atoms with Crippen molar-refractivity contribution in [1.82, 2.24) is 15.4 Å². The molecule has 0 saturated carbocycles. The summed E-state index contributed by atoms with van der Waals surface area (Å²) in [5, 5.41) is 9.21. The molecule has 0 saturated heterocycles. The predicted octanol–water partition coefficient (Wildman–Crippen LogP) is 2.56. The molecule has 1 amide bonds. The van der Waals surface area contributed by atoms with Crippen LogP contribution >= 0.6 is 11.6 Å². The number of amides is 1. The van der Waals surface area contributed by atoms with Crippen molar-refractivity contribution in [2.24, 2.45) is 0 Å². The Balaban J connectivity index is 2.43. The highest BCUT2D eigenvalue weighted by Crippen LogP contribution is 2.24. The van der Waals surface area contributed by atoms with Crippen LogP contribution in [0.1, 0.15) is 10.4 Å². The van der Waals surface area contributed by atoms with Crippen molar-refractivity contribution in [3.05, 3.63) is 47.0 Å². The zero-order valence-electron chi connectivity index (χ0n) is 9.59. The minimum absolute atomic E-state index is 0.245. The number of carbonyl (C=O) groups is 1. The fourth-order valence-electron chi connectivity index (χ4n) is 1.93. The highest BCUT2D eigenvalue weighted by Gasteiger charge is 2.12. The molecule has 19 heavy (non-hydrogen) atoms. The van der Waals surface area contributed by atoms with Gasteiger partial charge >= 0.3 is 0 Å². The van der Waals surface area contributed by atoms with Gasteiger partial charge < -0.3 is 0 Å².